The SMILES string of the molecule is CCC(C)(C)NCc1cccc(C(=O)O)c1. The third-order valence-corrected chi connectivity index (χ3v) is 2.83. The van der Waals surface area contributed by atoms with Crippen LogP contribution in [0.5, 0.6) is 0 Å². The van der Waals surface area contributed by atoms with Gasteiger partial charge in [0.1, 0.15) is 0 Å². The zero-order valence-electron chi connectivity index (χ0n) is 10.1. The lowest BCUT2D eigenvalue weighted by Gasteiger charge is -2.24. The highest BCUT2D eigenvalue weighted by molar-refractivity contribution is 5.87. The maximum atomic E-state index is 10.8. The zero-order valence-corrected chi connectivity index (χ0v) is 10.1. The van der Waals surface area contributed by atoms with Gasteiger partial charge < -0.3 is 10.4 Å². The van der Waals surface area contributed by atoms with Gasteiger partial charge in [-0.1, -0.05) is 19.1 Å². The zero-order chi connectivity index (χ0) is 12.2. The van der Waals surface area contributed by atoms with Gasteiger partial charge in [-0.2, -0.15) is 0 Å². The molecule has 2 N–H and O–H groups in total. The maximum absolute atomic E-state index is 10.8. The Bertz CT molecular complexity index is 372. The van der Waals surface area contributed by atoms with Crippen LogP contribution < -0.4 is 5.32 Å². The largest absolute Gasteiger partial charge is 0.478 e. The van der Waals surface area contributed by atoms with Gasteiger partial charge in [-0.25, -0.2) is 4.79 Å². The summed E-state index contributed by atoms with van der Waals surface area (Å²) in [6.07, 6.45) is 1.03. The van der Waals surface area contributed by atoms with Crippen molar-refractivity contribution in [1.82, 2.24) is 5.32 Å². The number of hydrogen-bond donors (Lipinski definition) is 2. The van der Waals surface area contributed by atoms with Crippen LogP contribution in [0.2, 0.25) is 0 Å². The van der Waals surface area contributed by atoms with E-state index in [-0.39, 0.29) is 5.54 Å². The molecule has 0 aromatic heterocycles. The van der Waals surface area contributed by atoms with E-state index in [9.17, 15) is 4.79 Å². The molecule has 1 aromatic carbocycles. The second-order valence-corrected chi connectivity index (χ2v) is 4.60. The second-order valence-electron chi connectivity index (χ2n) is 4.60. The molecule has 0 spiro atoms. The molecular formula is C13H19NO2. The Hall–Kier alpha value is -1.35. The standard InChI is InChI=1S/C13H19NO2/c1-4-13(2,3)14-9-10-6-5-7-11(8-10)12(15)16/h5-8,14H,4,9H2,1-3H3,(H,15,16). The third kappa shape index (κ3) is 3.66. The van der Waals surface area contributed by atoms with Crippen LogP contribution >= 0.6 is 0 Å². The van der Waals surface area contributed by atoms with Gasteiger partial charge in [0, 0.05) is 12.1 Å². The van der Waals surface area contributed by atoms with E-state index in [0.29, 0.717) is 12.1 Å². The first kappa shape index (κ1) is 12.7. The van der Waals surface area contributed by atoms with Crippen molar-refractivity contribution in [3.63, 3.8) is 0 Å². The topological polar surface area (TPSA) is 49.3 Å². The summed E-state index contributed by atoms with van der Waals surface area (Å²) in [5.74, 6) is -0.878. The van der Waals surface area contributed by atoms with Crippen LogP contribution in [0.1, 0.15) is 43.1 Å². The van der Waals surface area contributed by atoms with Crippen LogP contribution in [0.4, 0.5) is 0 Å². The number of carboxylic acids is 1. The molecule has 3 heteroatoms. The number of carbonyl (C=O) groups is 1. The van der Waals surface area contributed by atoms with Gasteiger partial charge in [-0.05, 0) is 38.0 Å². The van der Waals surface area contributed by atoms with Crippen molar-refractivity contribution in [3.8, 4) is 0 Å². The molecular weight excluding hydrogens is 202 g/mol. The van der Waals surface area contributed by atoms with Gasteiger partial charge in [0.25, 0.3) is 0 Å². The molecule has 0 saturated heterocycles. The summed E-state index contributed by atoms with van der Waals surface area (Å²) in [4.78, 5) is 10.8. The third-order valence-electron chi connectivity index (χ3n) is 2.83. The minimum Gasteiger partial charge on any atom is -0.478 e. The van der Waals surface area contributed by atoms with Crippen molar-refractivity contribution in [1.29, 1.82) is 0 Å². The molecule has 0 unspecified atom stereocenters. The maximum Gasteiger partial charge on any atom is 0.335 e. The van der Waals surface area contributed by atoms with E-state index in [4.69, 9.17) is 5.11 Å². The van der Waals surface area contributed by atoms with Crippen molar-refractivity contribution in [2.75, 3.05) is 0 Å². The minimum absolute atomic E-state index is 0.0826. The lowest BCUT2D eigenvalue weighted by Crippen LogP contribution is -2.37. The minimum atomic E-state index is -0.878. The highest BCUT2D eigenvalue weighted by Gasteiger charge is 2.13. The van der Waals surface area contributed by atoms with Crippen molar-refractivity contribution in [3.05, 3.63) is 35.4 Å². The van der Waals surface area contributed by atoms with Crippen LogP contribution in [0.25, 0.3) is 0 Å². The predicted molar refractivity (Wildman–Crippen MR) is 64.6 cm³/mol. The molecule has 16 heavy (non-hydrogen) atoms. The summed E-state index contributed by atoms with van der Waals surface area (Å²) < 4.78 is 0. The summed E-state index contributed by atoms with van der Waals surface area (Å²) in [5.41, 5.74) is 1.43. The molecule has 0 saturated carbocycles. The summed E-state index contributed by atoms with van der Waals surface area (Å²) in [6.45, 7) is 7.09. The summed E-state index contributed by atoms with van der Waals surface area (Å²) in [7, 11) is 0. The summed E-state index contributed by atoms with van der Waals surface area (Å²) in [5, 5.41) is 12.3. The fraction of sp³-hybridized carbons (Fsp3) is 0.462. The fourth-order valence-electron chi connectivity index (χ4n) is 1.28. The molecule has 0 aliphatic carbocycles. The molecule has 1 rings (SSSR count). The highest BCUT2D eigenvalue weighted by atomic mass is 16.4. The Morgan fingerprint density at radius 2 is 2.12 bits per heavy atom. The Balaban J connectivity index is 2.68. The molecule has 0 atom stereocenters. The van der Waals surface area contributed by atoms with Crippen LogP contribution in [0.15, 0.2) is 24.3 Å². The first-order chi connectivity index (χ1) is 7.44. The normalized spacial score (nSPS) is 11.4. The Morgan fingerprint density at radius 3 is 2.69 bits per heavy atom. The van der Waals surface area contributed by atoms with Crippen LogP contribution in [0.3, 0.4) is 0 Å². The average Bonchev–Trinajstić information content (AvgIpc) is 2.27. The van der Waals surface area contributed by atoms with E-state index in [1.54, 1.807) is 18.2 Å². The predicted octanol–water partition coefficient (Wildman–Crippen LogP) is 2.66. The van der Waals surface area contributed by atoms with Gasteiger partial charge in [-0.15, -0.1) is 0 Å². The van der Waals surface area contributed by atoms with E-state index in [0.717, 1.165) is 12.0 Å². The molecule has 0 radical (unpaired) electrons. The Kier molecular flexibility index (Phi) is 4.07. The van der Waals surface area contributed by atoms with E-state index < -0.39 is 5.97 Å². The van der Waals surface area contributed by atoms with Gasteiger partial charge in [-0.3, -0.25) is 0 Å². The summed E-state index contributed by atoms with van der Waals surface area (Å²) in [6, 6.07) is 7.03. The first-order valence-corrected chi connectivity index (χ1v) is 5.52. The Labute approximate surface area is 96.5 Å². The first-order valence-electron chi connectivity index (χ1n) is 5.52. The van der Waals surface area contributed by atoms with Crippen LogP contribution in [-0.4, -0.2) is 16.6 Å². The molecule has 0 fully saturated rings. The van der Waals surface area contributed by atoms with Crippen molar-refractivity contribution >= 4 is 5.97 Å². The van der Waals surface area contributed by atoms with Crippen LogP contribution in [-0.2, 0) is 6.54 Å². The number of carboxylic acid groups (broad SMARTS) is 1. The number of nitrogens with one attached hydrogen (secondary N) is 1. The second kappa shape index (κ2) is 5.12. The van der Waals surface area contributed by atoms with E-state index >= 15 is 0 Å². The van der Waals surface area contributed by atoms with Crippen LogP contribution in [0, 0.1) is 0 Å². The molecule has 0 amide bonds. The van der Waals surface area contributed by atoms with Crippen molar-refractivity contribution in [2.24, 2.45) is 0 Å². The van der Waals surface area contributed by atoms with Gasteiger partial charge in [0.05, 0.1) is 5.56 Å². The number of aromatic carboxylic acids is 1. The molecule has 0 aliphatic heterocycles. The molecule has 3 nitrogen and oxygen atoms in total. The molecule has 0 aliphatic rings. The van der Waals surface area contributed by atoms with Gasteiger partial charge >= 0.3 is 5.97 Å². The molecule has 0 bridgehead atoms. The molecule has 0 heterocycles. The van der Waals surface area contributed by atoms with E-state index in [2.05, 4.69) is 26.1 Å². The average molecular weight is 221 g/mol. The lowest BCUT2D eigenvalue weighted by atomic mass is 10.0. The number of hydrogen-bond acceptors (Lipinski definition) is 2. The quantitative estimate of drug-likeness (QED) is 0.803. The smallest absolute Gasteiger partial charge is 0.335 e. The monoisotopic (exact) mass is 221 g/mol. The number of rotatable bonds is 5. The van der Waals surface area contributed by atoms with Crippen molar-refractivity contribution < 1.29 is 9.90 Å². The van der Waals surface area contributed by atoms with Crippen molar-refractivity contribution in [2.45, 2.75) is 39.3 Å². The van der Waals surface area contributed by atoms with Gasteiger partial charge in [0.15, 0.2) is 0 Å². The van der Waals surface area contributed by atoms with Gasteiger partial charge in [0.2, 0.25) is 0 Å². The van der Waals surface area contributed by atoms with E-state index in [1.807, 2.05) is 6.07 Å². The summed E-state index contributed by atoms with van der Waals surface area (Å²) >= 11 is 0. The molecule has 1 aromatic rings. The highest BCUT2D eigenvalue weighted by Crippen LogP contribution is 2.10. The Morgan fingerprint density at radius 1 is 1.44 bits per heavy atom. The van der Waals surface area contributed by atoms with E-state index in [1.165, 1.54) is 0 Å². The molecule has 88 valence electrons. The number of benzene rings is 1. The fourth-order valence-corrected chi connectivity index (χ4v) is 1.28. The lowest BCUT2D eigenvalue weighted by molar-refractivity contribution is 0.0697.